The number of halogens is 1. The number of carbonyl (C=O) groups excluding carboxylic acids is 3. The summed E-state index contributed by atoms with van der Waals surface area (Å²) < 4.78 is 6.22. The zero-order valence-corrected chi connectivity index (χ0v) is 17.2. The molecule has 7 heteroatoms. The van der Waals surface area contributed by atoms with Gasteiger partial charge in [0.15, 0.2) is 0 Å². The predicted octanol–water partition coefficient (Wildman–Crippen LogP) is 3.69. The first-order chi connectivity index (χ1) is 14.0. The van der Waals surface area contributed by atoms with E-state index in [1.807, 2.05) is 19.1 Å². The molecule has 4 amide bonds. The maximum atomic E-state index is 13.1. The Bertz CT molecular complexity index is 1070. The lowest BCUT2D eigenvalue weighted by Gasteiger charge is -2.28. The van der Waals surface area contributed by atoms with Crippen LogP contribution in [0.5, 0.6) is 5.75 Å². The molecule has 1 aliphatic heterocycles. The van der Waals surface area contributed by atoms with Gasteiger partial charge in [0.25, 0.3) is 11.8 Å². The minimum absolute atomic E-state index is 0.0342. The number of anilines is 1. The van der Waals surface area contributed by atoms with Crippen molar-refractivity contribution >= 4 is 45.5 Å². The first-order valence-electron chi connectivity index (χ1n) is 8.81. The van der Waals surface area contributed by atoms with E-state index in [1.165, 1.54) is 6.08 Å². The molecule has 1 saturated heterocycles. The summed E-state index contributed by atoms with van der Waals surface area (Å²) in [5.74, 6) is 1.31. The molecule has 2 aromatic rings. The zero-order valence-electron chi connectivity index (χ0n) is 15.6. The van der Waals surface area contributed by atoms with Crippen LogP contribution < -0.4 is 15.0 Å². The third-order valence-electron chi connectivity index (χ3n) is 4.30. The Kier molecular flexibility index (Phi) is 6.15. The van der Waals surface area contributed by atoms with Crippen molar-refractivity contribution in [2.24, 2.45) is 0 Å². The third-order valence-corrected chi connectivity index (χ3v) is 4.79. The zero-order chi connectivity index (χ0) is 21.0. The molecule has 0 spiro atoms. The summed E-state index contributed by atoms with van der Waals surface area (Å²) in [6, 6.07) is 11.4. The molecule has 2 aromatic carbocycles. The number of nitrogens with zero attached hydrogens (tertiary/aromatic N) is 1. The summed E-state index contributed by atoms with van der Waals surface area (Å²) in [5.41, 5.74) is 1.55. The van der Waals surface area contributed by atoms with E-state index in [2.05, 4.69) is 27.2 Å². The topological polar surface area (TPSA) is 75.7 Å². The highest BCUT2D eigenvalue weighted by Crippen LogP contribution is 2.29. The van der Waals surface area contributed by atoms with Gasteiger partial charge in [-0.15, -0.1) is 6.42 Å². The molecule has 0 bridgehead atoms. The quantitative estimate of drug-likeness (QED) is 0.426. The van der Waals surface area contributed by atoms with Crippen LogP contribution in [0.25, 0.3) is 6.08 Å². The van der Waals surface area contributed by atoms with E-state index in [-0.39, 0.29) is 12.2 Å². The molecule has 3 rings (SSSR count). The average Bonchev–Trinajstić information content (AvgIpc) is 2.70. The maximum Gasteiger partial charge on any atom is 0.335 e. The molecule has 0 aliphatic carbocycles. The Morgan fingerprint density at radius 2 is 1.97 bits per heavy atom. The number of carbonyl (C=O) groups is 3. The van der Waals surface area contributed by atoms with Crippen molar-refractivity contribution in [1.29, 1.82) is 0 Å². The third kappa shape index (κ3) is 4.23. The number of rotatable bonds is 5. The standard InChI is InChI=1S/C22H17BrN2O4/c1-3-11-29-19-10-9-16(23)12-15(19)13-17-20(26)24-22(28)25(21(17)27)18-8-6-5-7-14(18)4-2/h1,5-10,12-13H,4,11H2,2H3,(H,24,26,28)/b17-13-. The summed E-state index contributed by atoms with van der Waals surface area (Å²) in [6.45, 7) is 1.95. The summed E-state index contributed by atoms with van der Waals surface area (Å²) in [4.78, 5) is 39.0. The number of amides is 4. The molecule has 0 radical (unpaired) electrons. The second kappa shape index (κ2) is 8.76. The molecule has 1 fully saturated rings. The van der Waals surface area contributed by atoms with E-state index in [4.69, 9.17) is 11.2 Å². The summed E-state index contributed by atoms with van der Waals surface area (Å²) in [7, 11) is 0. The van der Waals surface area contributed by atoms with E-state index in [0.29, 0.717) is 23.4 Å². The molecule has 1 heterocycles. The SMILES string of the molecule is C#CCOc1ccc(Br)cc1/C=C1/C(=O)NC(=O)N(c2ccccc2CC)C1=O. The van der Waals surface area contributed by atoms with Crippen molar-refractivity contribution in [1.82, 2.24) is 5.32 Å². The molecular formula is C22H17BrN2O4. The number of hydrogen-bond acceptors (Lipinski definition) is 4. The first-order valence-corrected chi connectivity index (χ1v) is 9.60. The predicted molar refractivity (Wildman–Crippen MR) is 113 cm³/mol. The van der Waals surface area contributed by atoms with Crippen LogP contribution in [0.2, 0.25) is 0 Å². The number of nitrogens with one attached hydrogen (secondary N) is 1. The molecule has 0 saturated carbocycles. The number of para-hydroxylation sites is 1. The van der Waals surface area contributed by atoms with Crippen LogP contribution in [0.3, 0.4) is 0 Å². The summed E-state index contributed by atoms with van der Waals surface area (Å²) in [5, 5.41) is 2.23. The Hall–Kier alpha value is -3.37. The molecule has 0 aromatic heterocycles. The monoisotopic (exact) mass is 452 g/mol. The first kappa shape index (κ1) is 20.4. The van der Waals surface area contributed by atoms with Gasteiger partial charge in [-0.2, -0.15) is 0 Å². The Labute approximate surface area is 176 Å². The highest BCUT2D eigenvalue weighted by molar-refractivity contribution is 9.10. The largest absolute Gasteiger partial charge is 0.480 e. The summed E-state index contributed by atoms with van der Waals surface area (Å²) >= 11 is 3.36. The lowest BCUT2D eigenvalue weighted by atomic mass is 10.0. The Morgan fingerprint density at radius 1 is 1.21 bits per heavy atom. The van der Waals surface area contributed by atoms with Crippen molar-refractivity contribution in [2.75, 3.05) is 11.5 Å². The Morgan fingerprint density at radius 3 is 2.69 bits per heavy atom. The molecular weight excluding hydrogens is 436 g/mol. The van der Waals surface area contributed by atoms with Crippen LogP contribution in [-0.2, 0) is 16.0 Å². The number of terminal acetylenes is 1. The van der Waals surface area contributed by atoms with E-state index < -0.39 is 17.8 Å². The normalized spacial score (nSPS) is 15.3. The lowest BCUT2D eigenvalue weighted by Crippen LogP contribution is -2.54. The van der Waals surface area contributed by atoms with Gasteiger partial charge in [0, 0.05) is 10.0 Å². The van der Waals surface area contributed by atoms with Gasteiger partial charge in [-0.3, -0.25) is 14.9 Å². The molecule has 1 aliphatic rings. The number of hydrogen-bond donors (Lipinski definition) is 1. The van der Waals surface area contributed by atoms with Gasteiger partial charge < -0.3 is 4.74 Å². The van der Waals surface area contributed by atoms with Gasteiger partial charge >= 0.3 is 6.03 Å². The average molecular weight is 453 g/mol. The van der Waals surface area contributed by atoms with E-state index in [1.54, 1.807) is 30.3 Å². The van der Waals surface area contributed by atoms with Gasteiger partial charge in [-0.25, -0.2) is 9.69 Å². The van der Waals surface area contributed by atoms with Gasteiger partial charge in [0.2, 0.25) is 0 Å². The number of urea groups is 1. The van der Waals surface area contributed by atoms with Crippen molar-refractivity contribution in [3.05, 3.63) is 63.6 Å². The second-order valence-corrected chi connectivity index (χ2v) is 7.03. The highest BCUT2D eigenvalue weighted by Gasteiger charge is 2.37. The highest BCUT2D eigenvalue weighted by atomic mass is 79.9. The van der Waals surface area contributed by atoms with Crippen molar-refractivity contribution in [3.63, 3.8) is 0 Å². The van der Waals surface area contributed by atoms with Gasteiger partial charge in [0.1, 0.15) is 17.9 Å². The fourth-order valence-electron chi connectivity index (χ4n) is 2.94. The maximum absolute atomic E-state index is 13.1. The van der Waals surface area contributed by atoms with Gasteiger partial charge in [0.05, 0.1) is 5.69 Å². The molecule has 29 heavy (non-hydrogen) atoms. The van der Waals surface area contributed by atoms with Crippen molar-refractivity contribution < 1.29 is 19.1 Å². The van der Waals surface area contributed by atoms with Gasteiger partial charge in [-0.05, 0) is 42.3 Å². The number of imide groups is 2. The van der Waals surface area contributed by atoms with Crippen LogP contribution in [0.15, 0.2) is 52.5 Å². The van der Waals surface area contributed by atoms with Gasteiger partial charge in [-0.1, -0.05) is 47.0 Å². The summed E-state index contributed by atoms with van der Waals surface area (Å²) in [6.07, 6.45) is 7.26. The minimum Gasteiger partial charge on any atom is -0.480 e. The smallest absolute Gasteiger partial charge is 0.335 e. The second-order valence-electron chi connectivity index (χ2n) is 6.12. The van der Waals surface area contributed by atoms with Crippen LogP contribution in [0, 0.1) is 12.3 Å². The van der Waals surface area contributed by atoms with Crippen LogP contribution in [-0.4, -0.2) is 24.5 Å². The minimum atomic E-state index is -0.781. The number of benzene rings is 2. The van der Waals surface area contributed by atoms with Crippen molar-refractivity contribution in [2.45, 2.75) is 13.3 Å². The van der Waals surface area contributed by atoms with E-state index in [0.717, 1.165) is 14.9 Å². The number of ether oxygens (including phenoxy) is 1. The number of aryl methyl sites for hydroxylation is 1. The van der Waals surface area contributed by atoms with Crippen LogP contribution in [0.4, 0.5) is 10.5 Å². The fourth-order valence-corrected chi connectivity index (χ4v) is 3.32. The molecule has 6 nitrogen and oxygen atoms in total. The molecule has 0 unspecified atom stereocenters. The van der Waals surface area contributed by atoms with Crippen LogP contribution in [0.1, 0.15) is 18.1 Å². The van der Waals surface area contributed by atoms with E-state index in [9.17, 15) is 14.4 Å². The Balaban J connectivity index is 2.07. The molecule has 146 valence electrons. The molecule has 1 N–H and O–H groups in total. The lowest BCUT2D eigenvalue weighted by molar-refractivity contribution is -0.122. The van der Waals surface area contributed by atoms with Crippen molar-refractivity contribution in [3.8, 4) is 18.1 Å². The number of barbiturate groups is 1. The molecule has 0 atom stereocenters. The van der Waals surface area contributed by atoms with E-state index >= 15 is 0 Å². The fraction of sp³-hybridized carbons (Fsp3) is 0.136. The van der Waals surface area contributed by atoms with Crippen LogP contribution >= 0.6 is 15.9 Å².